The van der Waals surface area contributed by atoms with Crippen molar-refractivity contribution in [2.24, 2.45) is 11.7 Å². The van der Waals surface area contributed by atoms with Crippen LogP contribution in [0, 0.1) is 5.92 Å². The minimum Gasteiger partial charge on any atom is -0.364 e. The van der Waals surface area contributed by atoms with Gasteiger partial charge in [0.1, 0.15) is 0 Å². The van der Waals surface area contributed by atoms with Crippen molar-refractivity contribution in [1.82, 2.24) is 9.88 Å². The normalized spacial score (nSPS) is 15.2. The summed E-state index contributed by atoms with van der Waals surface area (Å²) in [5.41, 5.74) is 6.17. The van der Waals surface area contributed by atoms with E-state index in [-0.39, 0.29) is 5.91 Å². The maximum absolute atomic E-state index is 12.0. The van der Waals surface area contributed by atoms with E-state index in [2.05, 4.69) is 4.98 Å². The van der Waals surface area contributed by atoms with Gasteiger partial charge in [0.25, 0.3) is 5.91 Å². The van der Waals surface area contributed by atoms with E-state index in [1.807, 2.05) is 18.7 Å². The molecule has 0 saturated heterocycles. The molecule has 19 heavy (non-hydrogen) atoms. The standard InChI is InChI=1S/C13H19N3O2S/c1-8(2)7-11(17)16-5-3-9-10(4-6-16)19-13(15-9)12(14)18/h8H,3-7H2,1-2H3,(H2,14,18). The predicted molar refractivity (Wildman–Crippen MR) is 74.1 cm³/mol. The molecule has 0 fully saturated rings. The van der Waals surface area contributed by atoms with E-state index in [4.69, 9.17) is 5.73 Å². The van der Waals surface area contributed by atoms with Crippen LogP contribution in [0.5, 0.6) is 0 Å². The fourth-order valence-corrected chi connectivity index (χ4v) is 3.14. The van der Waals surface area contributed by atoms with E-state index in [9.17, 15) is 9.59 Å². The first-order chi connectivity index (χ1) is 8.97. The molecule has 0 radical (unpaired) electrons. The number of carbonyl (C=O) groups is 2. The molecule has 104 valence electrons. The van der Waals surface area contributed by atoms with E-state index in [1.54, 1.807) is 0 Å². The zero-order valence-corrected chi connectivity index (χ0v) is 12.1. The molecule has 5 nitrogen and oxygen atoms in total. The van der Waals surface area contributed by atoms with Gasteiger partial charge in [-0.05, 0) is 5.92 Å². The Kier molecular flexibility index (Phi) is 4.19. The molecule has 1 aromatic rings. The van der Waals surface area contributed by atoms with Crippen molar-refractivity contribution in [1.29, 1.82) is 0 Å². The van der Waals surface area contributed by atoms with Crippen molar-refractivity contribution in [3.05, 3.63) is 15.6 Å². The van der Waals surface area contributed by atoms with Crippen LogP contribution in [0.25, 0.3) is 0 Å². The first-order valence-electron chi connectivity index (χ1n) is 6.53. The molecule has 6 heteroatoms. The molecule has 2 rings (SSSR count). The molecule has 0 spiro atoms. The van der Waals surface area contributed by atoms with Gasteiger partial charge >= 0.3 is 0 Å². The molecule has 1 aromatic heterocycles. The summed E-state index contributed by atoms with van der Waals surface area (Å²) < 4.78 is 0. The van der Waals surface area contributed by atoms with Gasteiger partial charge in [0.2, 0.25) is 5.91 Å². The summed E-state index contributed by atoms with van der Waals surface area (Å²) in [5.74, 6) is 0.121. The maximum Gasteiger partial charge on any atom is 0.277 e. The van der Waals surface area contributed by atoms with Crippen molar-refractivity contribution < 1.29 is 9.59 Å². The van der Waals surface area contributed by atoms with E-state index in [0.29, 0.717) is 36.9 Å². The first kappa shape index (κ1) is 14.0. The van der Waals surface area contributed by atoms with Crippen molar-refractivity contribution in [3.8, 4) is 0 Å². The Morgan fingerprint density at radius 1 is 1.37 bits per heavy atom. The molecule has 0 bridgehead atoms. The van der Waals surface area contributed by atoms with Crippen LogP contribution < -0.4 is 5.73 Å². The second-order valence-corrected chi connectivity index (χ2v) is 6.32. The van der Waals surface area contributed by atoms with Crippen LogP contribution >= 0.6 is 11.3 Å². The molecule has 2 N–H and O–H groups in total. The number of rotatable bonds is 3. The summed E-state index contributed by atoms with van der Waals surface area (Å²) in [7, 11) is 0. The number of amides is 2. The Bertz CT molecular complexity index is 471. The Labute approximate surface area is 116 Å². The quantitative estimate of drug-likeness (QED) is 0.905. The lowest BCUT2D eigenvalue weighted by atomic mass is 10.1. The highest BCUT2D eigenvalue weighted by Gasteiger charge is 2.22. The van der Waals surface area contributed by atoms with Crippen LogP contribution in [0.1, 0.15) is 40.6 Å². The van der Waals surface area contributed by atoms with Crippen molar-refractivity contribution in [2.75, 3.05) is 13.1 Å². The SMILES string of the molecule is CC(C)CC(=O)N1CCc2nc(C(N)=O)sc2CC1. The van der Waals surface area contributed by atoms with E-state index in [1.165, 1.54) is 11.3 Å². The molecule has 0 atom stereocenters. The van der Waals surface area contributed by atoms with Gasteiger partial charge in [-0.3, -0.25) is 9.59 Å². The molecule has 0 aromatic carbocycles. The lowest BCUT2D eigenvalue weighted by molar-refractivity contribution is -0.131. The Hall–Kier alpha value is -1.43. The highest BCUT2D eigenvalue weighted by molar-refractivity contribution is 7.13. The maximum atomic E-state index is 12.0. The van der Waals surface area contributed by atoms with Gasteiger partial charge in [0, 0.05) is 37.2 Å². The van der Waals surface area contributed by atoms with Gasteiger partial charge < -0.3 is 10.6 Å². The molecule has 0 unspecified atom stereocenters. The fraction of sp³-hybridized carbons (Fsp3) is 0.615. The molecule has 1 aliphatic heterocycles. The molecule has 2 heterocycles. The summed E-state index contributed by atoms with van der Waals surface area (Å²) >= 11 is 1.36. The molecule has 2 amide bonds. The van der Waals surface area contributed by atoms with Crippen LogP contribution in [-0.4, -0.2) is 34.8 Å². The van der Waals surface area contributed by atoms with Crippen molar-refractivity contribution in [3.63, 3.8) is 0 Å². The minimum atomic E-state index is -0.467. The lowest BCUT2D eigenvalue weighted by Gasteiger charge is -2.21. The Balaban J connectivity index is 2.04. The average Bonchev–Trinajstić information content (AvgIpc) is 2.62. The third-order valence-corrected chi connectivity index (χ3v) is 4.32. The molecule has 0 aliphatic carbocycles. The van der Waals surface area contributed by atoms with Crippen molar-refractivity contribution in [2.45, 2.75) is 33.1 Å². The highest BCUT2D eigenvalue weighted by atomic mass is 32.1. The number of nitrogens with zero attached hydrogens (tertiary/aromatic N) is 2. The lowest BCUT2D eigenvalue weighted by Crippen LogP contribution is -2.34. The second kappa shape index (κ2) is 5.69. The second-order valence-electron chi connectivity index (χ2n) is 5.23. The van der Waals surface area contributed by atoms with Gasteiger partial charge in [0.15, 0.2) is 5.01 Å². The van der Waals surface area contributed by atoms with Gasteiger partial charge in [-0.2, -0.15) is 0 Å². The number of thiazole rings is 1. The van der Waals surface area contributed by atoms with Crippen LogP contribution in [0.2, 0.25) is 0 Å². The van der Waals surface area contributed by atoms with E-state index < -0.39 is 5.91 Å². The topological polar surface area (TPSA) is 76.3 Å². The van der Waals surface area contributed by atoms with Crippen LogP contribution in [0.3, 0.4) is 0 Å². The number of aromatic nitrogens is 1. The van der Waals surface area contributed by atoms with E-state index in [0.717, 1.165) is 17.0 Å². The number of nitrogens with two attached hydrogens (primary N) is 1. The zero-order chi connectivity index (χ0) is 14.0. The van der Waals surface area contributed by atoms with Gasteiger partial charge in [-0.25, -0.2) is 4.98 Å². The number of primary amides is 1. The Morgan fingerprint density at radius 3 is 2.68 bits per heavy atom. The summed E-state index contributed by atoms with van der Waals surface area (Å²) in [5, 5.41) is 0.381. The van der Waals surface area contributed by atoms with Crippen LogP contribution in [0.15, 0.2) is 0 Å². The smallest absolute Gasteiger partial charge is 0.277 e. The Morgan fingerprint density at radius 2 is 2.05 bits per heavy atom. The minimum absolute atomic E-state index is 0.209. The molecular formula is C13H19N3O2S. The fourth-order valence-electron chi connectivity index (χ4n) is 2.20. The number of fused-ring (bicyclic) bond motifs is 1. The summed E-state index contributed by atoms with van der Waals surface area (Å²) in [6.07, 6.45) is 2.07. The monoisotopic (exact) mass is 281 g/mol. The largest absolute Gasteiger partial charge is 0.364 e. The van der Waals surface area contributed by atoms with Gasteiger partial charge in [-0.1, -0.05) is 13.8 Å². The first-order valence-corrected chi connectivity index (χ1v) is 7.35. The van der Waals surface area contributed by atoms with Gasteiger partial charge in [0.05, 0.1) is 5.69 Å². The highest BCUT2D eigenvalue weighted by Crippen LogP contribution is 2.23. The number of hydrogen-bond acceptors (Lipinski definition) is 4. The van der Waals surface area contributed by atoms with Crippen molar-refractivity contribution >= 4 is 23.2 Å². The third kappa shape index (κ3) is 3.32. The zero-order valence-electron chi connectivity index (χ0n) is 11.3. The third-order valence-electron chi connectivity index (χ3n) is 3.15. The van der Waals surface area contributed by atoms with Crippen LogP contribution in [-0.2, 0) is 17.6 Å². The molecule has 1 aliphatic rings. The summed E-state index contributed by atoms with van der Waals surface area (Å²) in [6, 6.07) is 0. The van der Waals surface area contributed by atoms with E-state index >= 15 is 0 Å². The number of carbonyl (C=O) groups excluding carboxylic acids is 2. The predicted octanol–water partition coefficient (Wildman–Crippen LogP) is 1.22. The number of hydrogen-bond donors (Lipinski definition) is 1. The summed E-state index contributed by atoms with van der Waals surface area (Å²) in [4.78, 5) is 30.4. The van der Waals surface area contributed by atoms with Crippen LogP contribution in [0.4, 0.5) is 0 Å². The summed E-state index contributed by atoms with van der Waals surface area (Å²) in [6.45, 7) is 5.49. The molecular weight excluding hydrogens is 262 g/mol. The molecule has 0 saturated carbocycles. The average molecular weight is 281 g/mol. The van der Waals surface area contributed by atoms with Gasteiger partial charge in [-0.15, -0.1) is 11.3 Å².